The monoisotopic (exact) mass is 291 g/mol. The molecule has 0 aliphatic heterocycles. The maximum atomic E-state index is 12.3. The van der Waals surface area contributed by atoms with Crippen molar-refractivity contribution in [3.8, 4) is 0 Å². The third-order valence-corrected chi connectivity index (χ3v) is 3.70. The lowest BCUT2D eigenvalue weighted by Crippen LogP contribution is -2.30. The van der Waals surface area contributed by atoms with Gasteiger partial charge in [-0.2, -0.15) is 0 Å². The van der Waals surface area contributed by atoms with Gasteiger partial charge in [-0.05, 0) is 23.0 Å². The third kappa shape index (κ3) is 3.20. The number of amides is 1. The maximum Gasteiger partial charge on any atom is 0.265 e. The second-order valence-corrected chi connectivity index (χ2v) is 5.52. The second kappa shape index (κ2) is 6.58. The molecule has 106 valence electrons. The van der Waals surface area contributed by atoms with Crippen LogP contribution in [0.15, 0.2) is 30.3 Å². The molecule has 0 bridgehead atoms. The number of carbonyl (C=O) groups is 1. The van der Waals surface area contributed by atoms with E-state index in [0.29, 0.717) is 10.6 Å². The van der Waals surface area contributed by atoms with E-state index in [4.69, 9.17) is 0 Å². The minimum absolute atomic E-state index is 0.138. The van der Waals surface area contributed by atoms with E-state index in [0.717, 1.165) is 17.1 Å². The van der Waals surface area contributed by atoms with Crippen molar-refractivity contribution >= 4 is 17.4 Å². The number of rotatable bonds is 5. The zero-order valence-corrected chi connectivity index (χ0v) is 12.2. The summed E-state index contributed by atoms with van der Waals surface area (Å²) in [6, 6.07) is 8.95. The molecule has 1 atom stereocenters. The molecule has 2 rings (SSSR count). The largest absolute Gasteiger partial charge is 0.394 e. The van der Waals surface area contributed by atoms with Gasteiger partial charge >= 0.3 is 0 Å². The SMILES string of the molecule is CC(C)c1nnsc1C(=O)N[C@H](CO)c1ccccc1. The number of carbonyl (C=O) groups excluding carboxylic acids is 1. The molecule has 1 aromatic carbocycles. The molecule has 0 aliphatic carbocycles. The Morgan fingerprint density at radius 3 is 2.65 bits per heavy atom. The molecule has 1 amide bonds. The Morgan fingerprint density at radius 1 is 1.35 bits per heavy atom. The molecule has 0 saturated carbocycles. The van der Waals surface area contributed by atoms with Gasteiger partial charge in [-0.3, -0.25) is 4.79 Å². The molecule has 20 heavy (non-hydrogen) atoms. The summed E-state index contributed by atoms with van der Waals surface area (Å²) in [6.45, 7) is 3.78. The highest BCUT2D eigenvalue weighted by molar-refractivity contribution is 7.08. The summed E-state index contributed by atoms with van der Waals surface area (Å²) in [6.07, 6.45) is 0. The fourth-order valence-electron chi connectivity index (χ4n) is 1.88. The fraction of sp³-hybridized carbons (Fsp3) is 0.357. The van der Waals surface area contributed by atoms with Crippen LogP contribution >= 0.6 is 11.5 Å². The smallest absolute Gasteiger partial charge is 0.265 e. The Kier molecular flexibility index (Phi) is 4.81. The zero-order chi connectivity index (χ0) is 14.5. The second-order valence-electron chi connectivity index (χ2n) is 4.76. The number of nitrogens with zero attached hydrogens (tertiary/aromatic N) is 2. The van der Waals surface area contributed by atoms with Crippen molar-refractivity contribution in [3.05, 3.63) is 46.5 Å². The van der Waals surface area contributed by atoms with Gasteiger partial charge in [0, 0.05) is 0 Å². The Labute approximate surface area is 121 Å². The number of benzene rings is 1. The van der Waals surface area contributed by atoms with Crippen molar-refractivity contribution in [1.29, 1.82) is 0 Å². The lowest BCUT2D eigenvalue weighted by Gasteiger charge is -2.16. The summed E-state index contributed by atoms with van der Waals surface area (Å²) in [5, 5.41) is 16.3. The van der Waals surface area contributed by atoms with Crippen LogP contribution in [0.3, 0.4) is 0 Å². The molecule has 2 N–H and O–H groups in total. The van der Waals surface area contributed by atoms with E-state index in [1.54, 1.807) is 0 Å². The molecule has 0 fully saturated rings. The number of aliphatic hydroxyl groups is 1. The van der Waals surface area contributed by atoms with Gasteiger partial charge < -0.3 is 10.4 Å². The zero-order valence-electron chi connectivity index (χ0n) is 11.4. The molecule has 0 spiro atoms. The summed E-state index contributed by atoms with van der Waals surface area (Å²) in [5.41, 5.74) is 1.56. The normalized spacial score (nSPS) is 12.4. The minimum Gasteiger partial charge on any atom is -0.394 e. The average molecular weight is 291 g/mol. The molecule has 6 heteroatoms. The van der Waals surface area contributed by atoms with Gasteiger partial charge in [0.05, 0.1) is 18.3 Å². The molecule has 5 nitrogen and oxygen atoms in total. The highest BCUT2D eigenvalue weighted by Crippen LogP contribution is 2.21. The van der Waals surface area contributed by atoms with E-state index in [1.807, 2.05) is 44.2 Å². The van der Waals surface area contributed by atoms with E-state index < -0.39 is 6.04 Å². The van der Waals surface area contributed by atoms with E-state index in [9.17, 15) is 9.90 Å². The van der Waals surface area contributed by atoms with Crippen LogP contribution in [0.2, 0.25) is 0 Å². The first-order valence-electron chi connectivity index (χ1n) is 6.42. The summed E-state index contributed by atoms with van der Waals surface area (Å²) in [7, 11) is 0. The maximum absolute atomic E-state index is 12.3. The average Bonchev–Trinajstić information content (AvgIpc) is 2.95. The van der Waals surface area contributed by atoms with E-state index in [1.165, 1.54) is 0 Å². The van der Waals surface area contributed by atoms with Crippen LogP contribution in [0.5, 0.6) is 0 Å². The first kappa shape index (κ1) is 14.6. The predicted molar refractivity (Wildman–Crippen MR) is 77.7 cm³/mol. The molecular formula is C14H17N3O2S. The van der Waals surface area contributed by atoms with Crippen LogP contribution in [-0.4, -0.2) is 27.2 Å². The lowest BCUT2D eigenvalue weighted by atomic mass is 10.1. The number of aromatic nitrogens is 2. The highest BCUT2D eigenvalue weighted by Gasteiger charge is 2.21. The minimum atomic E-state index is -0.425. The summed E-state index contributed by atoms with van der Waals surface area (Å²) in [4.78, 5) is 12.8. The van der Waals surface area contributed by atoms with Gasteiger partial charge in [0.2, 0.25) is 0 Å². The number of nitrogens with one attached hydrogen (secondary N) is 1. The van der Waals surface area contributed by atoms with Crippen LogP contribution in [0.4, 0.5) is 0 Å². The summed E-state index contributed by atoms with van der Waals surface area (Å²) in [5.74, 6) is -0.106. The first-order chi connectivity index (χ1) is 9.63. The molecule has 0 saturated heterocycles. The van der Waals surface area contributed by atoms with Gasteiger partial charge in [-0.15, -0.1) is 5.10 Å². The molecule has 1 heterocycles. The van der Waals surface area contributed by atoms with Crippen molar-refractivity contribution in [2.24, 2.45) is 0 Å². The Morgan fingerprint density at radius 2 is 2.05 bits per heavy atom. The number of hydrogen-bond donors (Lipinski definition) is 2. The van der Waals surface area contributed by atoms with Gasteiger partial charge in [-0.1, -0.05) is 48.7 Å². The quantitative estimate of drug-likeness (QED) is 0.885. The molecule has 0 aliphatic rings. The van der Waals surface area contributed by atoms with Crippen LogP contribution in [-0.2, 0) is 0 Å². The van der Waals surface area contributed by atoms with Crippen LogP contribution in [0.25, 0.3) is 0 Å². The Bertz CT molecular complexity index is 569. The molecular weight excluding hydrogens is 274 g/mol. The highest BCUT2D eigenvalue weighted by atomic mass is 32.1. The van der Waals surface area contributed by atoms with Crippen molar-refractivity contribution in [2.75, 3.05) is 6.61 Å². The van der Waals surface area contributed by atoms with Crippen LogP contribution < -0.4 is 5.32 Å². The third-order valence-electron chi connectivity index (χ3n) is 2.96. The molecule has 1 aromatic heterocycles. The summed E-state index contributed by atoms with van der Waals surface area (Å²) >= 11 is 1.08. The van der Waals surface area contributed by atoms with Crippen molar-refractivity contribution < 1.29 is 9.90 Å². The number of aliphatic hydroxyl groups excluding tert-OH is 1. The van der Waals surface area contributed by atoms with Crippen molar-refractivity contribution in [3.63, 3.8) is 0 Å². The topological polar surface area (TPSA) is 75.1 Å². The Balaban J connectivity index is 2.16. The Hall–Kier alpha value is -1.79. The first-order valence-corrected chi connectivity index (χ1v) is 7.19. The fourth-order valence-corrected chi connectivity index (χ4v) is 2.60. The van der Waals surface area contributed by atoms with Crippen molar-refractivity contribution in [1.82, 2.24) is 14.9 Å². The number of hydrogen-bond acceptors (Lipinski definition) is 5. The van der Waals surface area contributed by atoms with Crippen molar-refractivity contribution in [2.45, 2.75) is 25.8 Å². The van der Waals surface area contributed by atoms with Gasteiger partial charge in [0.25, 0.3) is 5.91 Å². The molecule has 0 unspecified atom stereocenters. The molecule has 2 aromatic rings. The van der Waals surface area contributed by atoms with Gasteiger partial charge in [-0.25, -0.2) is 0 Å². The summed E-state index contributed by atoms with van der Waals surface area (Å²) < 4.78 is 3.84. The van der Waals surface area contributed by atoms with E-state index in [-0.39, 0.29) is 18.4 Å². The predicted octanol–water partition coefficient (Wildman–Crippen LogP) is 2.12. The van der Waals surface area contributed by atoms with Crippen LogP contribution in [0.1, 0.15) is 46.7 Å². The lowest BCUT2D eigenvalue weighted by molar-refractivity contribution is 0.0919. The standard InChI is InChI=1S/C14H17N3O2S/c1-9(2)12-13(20-17-16-12)14(19)15-11(8-18)10-6-4-3-5-7-10/h3-7,9,11,18H,8H2,1-2H3,(H,15,19)/t11-/m1/s1. The van der Waals surface area contributed by atoms with Crippen LogP contribution in [0, 0.1) is 0 Å². The van der Waals surface area contributed by atoms with Gasteiger partial charge in [0.1, 0.15) is 4.88 Å². The van der Waals surface area contributed by atoms with E-state index in [2.05, 4.69) is 14.9 Å². The molecule has 0 radical (unpaired) electrons. The van der Waals surface area contributed by atoms with Gasteiger partial charge in [0.15, 0.2) is 0 Å². The van der Waals surface area contributed by atoms with E-state index >= 15 is 0 Å².